The number of hydrogen-bond acceptors (Lipinski definition) is 4. The molecule has 2 aliphatic rings. The minimum Gasteiger partial charge on any atom is -0.380 e. The van der Waals surface area contributed by atoms with E-state index in [2.05, 4.69) is 14.9 Å². The maximum Gasteiger partial charge on any atom is 0.147 e. The third-order valence-corrected chi connectivity index (χ3v) is 3.30. The van der Waals surface area contributed by atoms with E-state index in [4.69, 9.17) is 16.3 Å². The first-order chi connectivity index (χ1) is 7.31. The Morgan fingerprint density at radius 3 is 2.60 bits per heavy atom. The minimum atomic E-state index is 0.422. The van der Waals surface area contributed by atoms with Gasteiger partial charge in [-0.3, -0.25) is 4.98 Å². The number of ether oxygens (including phenoxy) is 1. The van der Waals surface area contributed by atoms with Gasteiger partial charge in [0.15, 0.2) is 0 Å². The number of rotatable bonds is 2. The fraction of sp³-hybridized carbons (Fsp3) is 0.600. The zero-order chi connectivity index (χ0) is 10.3. The van der Waals surface area contributed by atoms with Gasteiger partial charge in [-0.1, -0.05) is 0 Å². The Kier molecular flexibility index (Phi) is 2.07. The van der Waals surface area contributed by atoms with Gasteiger partial charge in [-0.25, -0.2) is 4.98 Å². The van der Waals surface area contributed by atoms with Crippen LogP contribution in [0.5, 0.6) is 0 Å². The van der Waals surface area contributed by atoms with Crippen molar-refractivity contribution in [2.24, 2.45) is 5.41 Å². The molecule has 0 saturated carbocycles. The Morgan fingerprint density at radius 1 is 1.33 bits per heavy atom. The van der Waals surface area contributed by atoms with E-state index in [1.807, 2.05) is 0 Å². The SMILES string of the molecule is ClCc1cnc(N2CC3(COC3)C2)cn1. The summed E-state index contributed by atoms with van der Waals surface area (Å²) in [7, 11) is 0. The van der Waals surface area contributed by atoms with Crippen molar-refractivity contribution in [2.45, 2.75) is 5.88 Å². The van der Waals surface area contributed by atoms with Crippen LogP contribution in [0.2, 0.25) is 0 Å². The van der Waals surface area contributed by atoms with Crippen LogP contribution in [0.1, 0.15) is 5.69 Å². The van der Waals surface area contributed by atoms with Crippen LogP contribution >= 0.6 is 11.6 Å². The summed E-state index contributed by atoms with van der Waals surface area (Å²) in [5.74, 6) is 1.37. The summed E-state index contributed by atoms with van der Waals surface area (Å²) in [4.78, 5) is 10.8. The topological polar surface area (TPSA) is 38.2 Å². The largest absolute Gasteiger partial charge is 0.380 e. The molecule has 3 heterocycles. The summed E-state index contributed by atoms with van der Waals surface area (Å²) in [6, 6.07) is 0. The zero-order valence-electron chi connectivity index (χ0n) is 8.32. The Hall–Kier alpha value is -0.870. The number of halogens is 1. The van der Waals surface area contributed by atoms with Crippen molar-refractivity contribution >= 4 is 17.4 Å². The lowest BCUT2D eigenvalue weighted by atomic mass is 9.78. The van der Waals surface area contributed by atoms with E-state index < -0.39 is 0 Å². The number of nitrogens with zero attached hydrogens (tertiary/aromatic N) is 3. The molecule has 1 spiro atoms. The third kappa shape index (κ3) is 1.48. The number of anilines is 1. The van der Waals surface area contributed by atoms with Crippen LogP contribution in [-0.2, 0) is 10.6 Å². The van der Waals surface area contributed by atoms with Gasteiger partial charge in [0.2, 0.25) is 0 Å². The predicted octanol–water partition coefficient (Wildman–Crippen LogP) is 1.05. The molecule has 80 valence electrons. The van der Waals surface area contributed by atoms with Crippen molar-refractivity contribution in [3.63, 3.8) is 0 Å². The van der Waals surface area contributed by atoms with E-state index in [9.17, 15) is 0 Å². The van der Waals surface area contributed by atoms with Gasteiger partial charge in [0, 0.05) is 13.1 Å². The lowest BCUT2D eigenvalue weighted by Crippen LogP contribution is -2.66. The van der Waals surface area contributed by atoms with Gasteiger partial charge in [-0.05, 0) is 0 Å². The van der Waals surface area contributed by atoms with Gasteiger partial charge < -0.3 is 9.64 Å². The molecule has 0 unspecified atom stereocenters. The van der Waals surface area contributed by atoms with Crippen LogP contribution in [0.15, 0.2) is 12.4 Å². The number of alkyl halides is 1. The number of aromatic nitrogens is 2. The molecule has 5 heteroatoms. The first kappa shape index (κ1) is 9.36. The minimum absolute atomic E-state index is 0.422. The second-order valence-corrected chi connectivity index (χ2v) is 4.62. The average molecular weight is 226 g/mol. The van der Waals surface area contributed by atoms with E-state index in [0.29, 0.717) is 11.3 Å². The summed E-state index contributed by atoms with van der Waals surface area (Å²) in [6.07, 6.45) is 3.54. The van der Waals surface area contributed by atoms with Crippen molar-refractivity contribution < 1.29 is 4.74 Å². The summed E-state index contributed by atoms with van der Waals surface area (Å²) < 4.78 is 5.22. The first-order valence-electron chi connectivity index (χ1n) is 5.01. The van der Waals surface area contributed by atoms with Crippen molar-refractivity contribution in [3.05, 3.63) is 18.1 Å². The van der Waals surface area contributed by atoms with Gasteiger partial charge >= 0.3 is 0 Å². The van der Waals surface area contributed by atoms with Gasteiger partial charge in [0.25, 0.3) is 0 Å². The van der Waals surface area contributed by atoms with E-state index in [0.717, 1.165) is 37.8 Å². The van der Waals surface area contributed by atoms with Gasteiger partial charge in [-0.15, -0.1) is 11.6 Å². The highest BCUT2D eigenvalue weighted by Gasteiger charge is 2.49. The van der Waals surface area contributed by atoms with Crippen LogP contribution in [0.25, 0.3) is 0 Å². The summed E-state index contributed by atoms with van der Waals surface area (Å²) >= 11 is 5.65. The first-order valence-corrected chi connectivity index (χ1v) is 5.54. The molecule has 3 rings (SSSR count). The molecule has 0 amide bonds. The van der Waals surface area contributed by atoms with E-state index in [-0.39, 0.29) is 0 Å². The maximum absolute atomic E-state index is 5.65. The Morgan fingerprint density at radius 2 is 2.13 bits per heavy atom. The quantitative estimate of drug-likeness (QED) is 0.706. The van der Waals surface area contributed by atoms with E-state index >= 15 is 0 Å². The highest BCUT2D eigenvalue weighted by Crippen LogP contribution is 2.39. The van der Waals surface area contributed by atoms with Crippen molar-refractivity contribution in [3.8, 4) is 0 Å². The maximum atomic E-state index is 5.65. The summed E-state index contributed by atoms with van der Waals surface area (Å²) in [6.45, 7) is 3.89. The third-order valence-electron chi connectivity index (χ3n) is 3.02. The molecule has 1 aromatic rings. The van der Waals surface area contributed by atoms with Crippen molar-refractivity contribution in [1.82, 2.24) is 9.97 Å². The predicted molar refractivity (Wildman–Crippen MR) is 57.1 cm³/mol. The molecule has 4 nitrogen and oxygen atoms in total. The Labute approximate surface area is 93.2 Å². The lowest BCUT2D eigenvalue weighted by Gasteiger charge is -2.55. The molecular weight excluding hydrogens is 214 g/mol. The summed E-state index contributed by atoms with van der Waals surface area (Å²) in [5, 5.41) is 0. The molecular formula is C10H12ClN3O. The molecule has 2 aliphatic heterocycles. The molecule has 0 aliphatic carbocycles. The van der Waals surface area contributed by atoms with Crippen molar-refractivity contribution in [2.75, 3.05) is 31.2 Å². The van der Waals surface area contributed by atoms with Crippen LogP contribution < -0.4 is 4.90 Å². The fourth-order valence-electron chi connectivity index (χ4n) is 2.08. The molecule has 15 heavy (non-hydrogen) atoms. The average Bonchev–Trinajstić information content (AvgIpc) is 2.14. The van der Waals surface area contributed by atoms with Gasteiger partial charge in [0.1, 0.15) is 5.82 Å². The molecule has 0 radical (unpaired) electrons. The highest BCUT2D eigenvalue weighted by atomic mass is 35.5. The smallest absolute Gasteiger partial charge is 0.147 e. The highest BCUT2D eigenvalue weighted by molar-refractivity contribution is 6.16. The Balaban J connectivity index is 1.67. The van der Waals surface area contributed by atoms with Crippen LogP contribution in [-0.4, -0.2) is 36.3 Å². The van der Waals surface area contributed by atoms with E-state index in [1.165, 1.54) is 0 Å². The Bertz CT molecular complexity index is 355. The molecule has 2 fully saturated rings. The summed E-state index contributed by atoms with van der Waals surface area (Å²) in [5.41, 5.74) is 1.25. The van der Waals surface area contributed by atoms with Crippen LogP contribution in [0.4, 0.5) is 5.82 Å². The molecule has 0 aromatic carbocycles. The van der Waals surface area contributed by atoms with Gasteiger partial charge in [-0.2, -0.15) is 0 Å². The standard InChI is InChI=1S/C10H12ClN3O/c11-1-8-2-13-9(3-12-8)14-4-10(5-14)6-15-7-10/h2-3H,1,4-7H2. The molecule has 0 bridgehead atoms. The van der Waals surface area contributed by atoms with Gasteiger partial charge in [0.05, 0.1) is 42.6 Å². The fourth-order valence-corrected chi connectivity index (χ4v) is 2.22. The second kappa shape index (κ2) is 3.32. The zero-order valence-corrected chi connectivity index (χ0v) is 9.07. The molecule has 0 N–H and O–H groups in total. The van der Waals surface area contributed by atoms with Crippen molar-refractivity contribution in [1.29, 1.82) is 0 Å². The molecule has 0 atom stereocenters. The lowest BCUT2D eigenvalue weighted by molar-refractivity contribution is -0.127. The second-order valence-electron chi connectivity index (χ2n) is 4.35. The molecule has 2 saturated heterocycles. The van der Waals surface area contributed by atoms with Crippen LogP contribution in [0.3, 0.4) is 0 Å². The molecule has 1 aromatic heterocycles. The number of hydrogen-bond donors (Lipinski definition) is 0. The van der Waals surface area contributed by atoms with E-state index in [1.54, 1.807) is 12.4 Å². The monoisotopic (exact) mass is 225 g/mol. The normalized spacial score (nSPS) is 22.3. The van der Waals surface area contributed by atoms with Crippen LogP contribution in [0, 0.1) is 5.41 Å².